The molecule has 0 N–H and O–H groups in total. The molecule has 0 fully saturated rings. The van der Waals surface area contributed by atoms with E-state index in [9.17, 15) is 0 Å². The van der Waals surface area contributed by atoms with E-state index in [1.54, 1.807) is 0 Å². The van der Waals surface area contributed by atoms with Crippen molar-refractivity contribution >= 4 is 64.6 Å². The van der Waals surface area contributed by atoms with Gasteiger partial charge in [0.15, 0.2) is 23.0 Å². The average molecular weight is 779 g/mol. The summed E-state index contributed by atoms with van der Waals surface area (Å²) in [5.74, 6) is 3.33. The van der Waals surface area contributed by atoms with Gasteiger partial charge >= 0.3 is 0 Å². The van der Waals surface area contributed by atoms with Crippen LogP contribution < -0.4 is 18.9 Å². The third kappa shape index (κ3) is 9.43. The predicted molar refractivity (Wildman–Crippen MR) is 250 cm³/mol. The topological polar surface area (TPSA) is 36.9 Å². The molecule has 7 aromatic rings. The normalized spacial score (nSPS) is 11.8. The maximum absolute atomic E-state index is 6.68. The van der Waals surface area contributed by atoms with Crippen molar-refractivity contribution < 1.29 is 18.9 Å². The fourth-order valence-corrected chi connectivity index (χ4v) is 8.70. The third-order valence-electron chi connectivity index (χ3n) is 11.9. The monoisotopic (exact) mass is 778 g/mol. The van der Waals surface area contributed by atoms with Gasteiger partial charge < -0.3 is 18.9 Å². The molecule has 4 nitrogen and oxygen atoms in total. The van der Waals surface area contributed by atoms with Gasteiger partial charge in [-0.15, -0.1) is 0 Å². The largest absolute Gasteiger partial charge is 0.490 e. The molecule has 7 aromatic carbocycles. The summed E-state index contributed by atoms with van der Waals surface area (Å²) in [5.41, 5.74) is 0. The van der Waals surface area contributed by atoms with Crippen LogP contribution in [0, 0.1) is 0 Å². The summed E-state index contributed by atoms with van der Waals surface area (Å²) in [4.78, 5) is 0. The molecule has 0 saturated carbocycles. The third-order valence-corrected chi connectivity index (χ3v) is 11.9. The number of rotatable bonds is 24. The van der Waals surface area contributed by atoms with Crippen LogP contribution >= 0.6 is 0 Å². The van der Waals surface area contributed by atoms with Crippen molar-refractivity contribution in [3.63, 3.8) is 0 Å². The molecule has 0 aromatic heterocycles. The van der Waals surface area contributed by atoms with E-state index in [2.05, 4.69) is 113 Å². The molecule has 0 amide bonds. The van der Waals surface area contributed by atoms with Crippen LogP contribution in [0.4, 0.5) is 0 Å². The van der Waals surface area contributed by atoms with E-state index in [0.29, 0.717) is 26.4 Å². The van der Waals surface area contributed by atoms with Crippen molar-refractivity contribution in [2.75, 3.05) is 26.4 Å². The highest BCUT2D eigenvalue weighted by atomic mass is 16.5. The Bertz CT molecular complexity index is 2260. The van der Waals surface area contributed by atoms with Crippen LogP contribution in [0.3, 0.4) is 0 Å². The van der Waals surface area contributed by atoms with Crippen molar-refractivity contribution in [1.29, 1.82) is 0 Å². The summed E-state index contributed by atoms with van der Waals surface area (Å²) in [6, 6.07) is 31.7. The van der Waals surface area contributed by atoms with Crippen LogP contribution in [-0.2, 0) is 0 Å². The van der Waals surface area contributed by atoms with E-state index in [1.807, 2.05) is 0 Å². The molecule has 0 spiro atoms. The number of fused-ring (bicyclic) bond motifs is 12. The van der Waals surface area contributed by atoms with Crippen LogP contribution in [0.25, 0.3) is 64.6 Å². The van der Waals surface area contributed by atoms with Gasteiger partial charge in [0.2, 0.25) is 0 Å². The summed E-state index contributed by atoms with van der Waals surface area (Å²) in [6.45, 7) is 11.7. The number of ether oxygens (including phenoxy) is 4. The lowest BCUT2D eigenvalue weighted by molar-refractivity contribution is 0.259. The maximum Gasteiger partial charge on any atom is 0.161 e. The van der Waals surface area contributed by atoms with Gasteiger partial charge in [-0.2, -0.15) is 0 Å². The molecule has 0 aliphatic carbocycles. The van der Waals surface area contributed by atoms with Crippen LogP contribution in [0.2, 0.25) is 0 Å². The van der Waals surface area contributed by atoms with Crippen molar-refractivity contribution in [2.24, 2.45) is 0 Å². The second kappa shape index (κ2) is 20.8. The fraction of sp³-hybridized carbons (Fsp3) is 0.444. The zero-order chi connectivity index (χ0) is 40.1. The molecule has 306 valence electrons. The molecule has 0 aliphatic rings. The molecule has 0 saturated heterocycles. The Morgan fingerprint density at radius 2 is 0.483 bits per heavy atom. The second-order valence-electron chi connectivity index (χ2n) is 16.4. The van der Waals surface area contributed by atoms with Crippen LogP contribution in [-0.4, -0.2) is 26.4 Å². The van der Waals surface area contributed by atoms with E-state index >= 15 is 0 Å². The number of hydrogen-bond acceptors (Lipinski definition) is 4. The summed E-state index contributed by atoms with van der Waals surface area (Å²) < 4.78 is 26.7. The molecular formula is C54H66O4. The Balaban J connectivity index is 1.48. The van der Waals surface area contributed by atoms with E-state index in [0.717, 1.165) is 59.5 Å². The Morgan fingerprint density at radius 3 is 0.741 bits per heavy atom. The van der Waals surface area contributed by atoms with Crippen molar-refractivity contribution in [3.05, 3.63) is 84.9 Å². The molecule has 0 bridgehead atoms. The molecule has 0 heterocycles. The zero-order valence-electron chi connectivity index (χ0n) is 35.9. The van der Waals surface area contributed by atoms with Gasteiger partial charge in [-0.1, -0.05) is 153 Å². The Hall–Kier alpha value is -4.70. The number of benzene rings is 7. The fourth-order valence-electron chi connectivity index (χ4n) is 8.70. The van der Waals surface area contributed by atoms with E-state index < -0.39 is 0 Å². The van der Waals surface area contributed by atoms with Crippen LogP contribution in [0.15, 0.2) is 84.9 Å². The molecule has 0 radical (unpaired) electrons. The summed E-state index contributed by atoms with van der Waals surface area (Å²) >= 11 is 0. The van der Waals surface area contributed by atoms with Gasteiger partial charge in [-0.05, 0) is 127 Å². The van der Waals surface area contributed by atoms with Gasteiger partial charge in [0.1, 0.15) is 0 Å². The van der Waals surface area contributed by atoms with Gasteiger partial charge in [0, 0.05) is 0 Å². The zero-order valence-corrected chi connectivity index (χ0v) is 35.9. The highest BCUT2D eigenvalue weighted by molar-refractivity contribution is 6.33. The molecule has 0 aliphatic heterocycles. The lowest BCUT2D eigenvalue weighted by atomic mass is 9.88. The number of hydrogen-bond donors (Lipinski definition) is 0. The van der Waals surface area contributed by atoms with E-state index in [-0.39, 0.29) is 0 Å². The average Bonchev–Trinajstić information content (AvgIpc) is 3.26. The highest BCUT2D eigenvalue weighted by Gasteiger charge is 2.20. The maximum atomic E-state index is 6.68. The Kier molecular flexibility index (Phi) is 14.9. The Morgan fingerprint density at radius 1 is 0.259 bits per heavy atom. The van der Waals surface area contributed by atoms with Crippen LogP contribution in [0.1, 0.15) is 130 Å². The van der Waals surface area contributed by atoms with Crippen molar-refractivity contribution in [3.8, 4) is 23.0 Å². The first-order valence-corrected chi connectivity index (χ1v) is 22.9. The van der Waals surface area contributed by atoms with Crippen molar-refractivity contribution in [1.82, 2.24) is 0 Å². The predicted octanol–water partition coefficient (Wildman–Crippen LogP) is 16.4. The Labute approximate surface area is 347 Å². The summed E-state index contributed by atoms with van der Waals surface area (Å²) in [5, 5.41) is 14.7. The molecule has 58 heavy (non-hydrogen) atoms. The van der Waals surface area contributed by atoms with E-state index in [1.165, 1.54) is 131 Å². The van der Waals surface area contributed by atoms with E-state index in [4.69, 9.17) is 18.9 Å². The first-order chi connectivity index (χ1) is 28.7. The minimum Gasteiger partial charge on any atom is -0.490 e. The number of unbranched alkanes of at least 4 members (excludes halogenated alkanes) is 12. The van der Waals surface area contributed by atoms with Gasteiger partial charge in [-0.25, -0.2) is 0 Å². The van der Waals surface area contributed by atoms with Gasteiger partial charge in [0.05, 0.1) is 26.4 Å². The second-order valence-corrected chi connectivity index (χ2v) is 16.4. The minimum absolute atomic E-state index is 0.676. The lowest BCUT2D eigenvalue weighted by Crippen LogP contribution is -2.04. The molecule has 0 unspecified atom stereocenters. The minimum atomic E-state index is 0.676. The van der Waals surface area contributed by atoms with Crippen LogP contribution in [0.5, 0.6) is 23.0 Å². The standard InChI is InChI=1S/C54H66O4/c1-5-9-13-21-29-55-51-35-47-45-33-43-41-27-19-17-25-39(41)40-26-18-20-28-42(40)44(43)34-46(45)48-36-52(56-30-22-14-10-6-2)54(58-32-24-16-12-8-4)38-50(48)49(47)37-53(51)57-31-23-15-11-7-3/h17-20,25-28,33-38H,5-16,21-24,29-32H2,1-4H3. The molecule has 0 atom stereocenters. The van der Waals surface area contributed by atoms with Gasteiger partial charge in [-0.3, -0.25) is 0 Å². The van der Waals surface area contributed by atoms with Crippen molar-refractivity contribution in [2.45, 2.75) is 130 Å². The quantitative estimate of drug-likeness (QED) is 0.0348. The van der Waals surface area contributed by atoms with Gasteiger partial charge in [0.25, 0.3) is 0 Å². The first-order valence-electron chi connectivity index (χ1n) is 22.9. The summed E-state index contributed by atoms with van der Waals surface area (Å²) in [6.07, 6.45) is 18.5. The smallest absolute Gasteiger partial charge is 0.161 e. The molecule has 4 heteroatoms. The summed E-state index contributed by atoms with van der Waals surface area (Å²) in [7, 11) is 0. The first kappa shape index (κ1) is 41.5. The molecule has 7 rings (SSSR count). The lowest BCUT2D eigenvalue weighted by Gasteiger charge is -2.20. The highest BCUT2D eigenvalue weighted by Crippen LogP contribution is 2.47. The SMILES string of the molecule is CCCCCCOc1cc2c3cc(OCCCCCC)c(OCCCCCC)cc3c3cc4c5ccccc5c5ccccc5c4cc3c2cc1OCCCCCC. The molecular weight excluding hydrogens is 713 g/mol.